The van der Waals surface area contributed by atoms with Crippen LogP contribution in [0.5, 0.6) is 5.75 Å². The average molecular weight is 369 g/mol. The number of rotatable bonds is 3. The fraction of sp³-hybridized carbons (Fsp3) is 0.200. The lowest BCUT2D eigenvalue weighted by molar-refractivity contribution is -0.117. The van der Waals surface area contributed by atoms with Crippen molar-refractivity contribution in [1.29, 1.82) is 0 Å². The number of carbonyl (C=O) groups is 1. The Balaban J connectivity index is 1.86. The molecular weight excluding hydrogens is 352 g/mol. The zero-order valence-electron chi connectivity index (χ0n) is 14.8. The predicted octanol–water partition coefficient (Wildman–Crippen LogP) is 3.79. The van der Waals surface area contributed by atoms with Crippen molar-refractivity contribution >= 4 is 28.2 Å². The molecule has 2 heterocycles. The van der Waals surface area contributed by atoms with Crippen LogP contribution in [-0.2, 0) is 11.3 Å². The Morgan fingerprint density at radius 3 is 2.67 bits per heavy atom. The molecule has 3 aromatic rings. The predicted molar refractivity (Wildman–Crippen MR) is 99.1 cm³/mol. The van der Waals surface area contributed by atoms with Crippen molar-refractivity contribution in [3.05, 3.63) is 59.3 Å². The maximum absolute atomic E-state index is 14.4. The molecule has 0 saturated heterocycles. The molecular formula is C20H17F2N3O2. The van der Waals surface area contributed by atoms with Crippen molar-refractivity contribution in [2.24, 2.45) is 0 Å². The number of methoxy groups -OCH3 is 1. The van der Waals surface area contributed by atoms with Gasteiger partial charge in [-0.05, 0) is 36.8 Å². The molecule has 2 aromatic carbocycles. The van der Waals surface area contributed by atoms with E-state index in [0.29, 0.717) is 33.6 Å². The molecule has 27 heavy (non-hydrogen) atoms. The third kappa shape index (κ3) is 2.95. The second-order valence-electron chi connectivity index (χ2n) is 6.44. The second kappa shape index (κ2) is 6.50. The lowest BCUT2D eigenvalue weighted by atomic mass is 10.1. The smallest absolute Gasteiger partial charge is 0.246 e. The van der Waals surface area contributed by atoms with Gasteiger partial charge in [0.1, 0.15) is 17.4 Å². The van der Waals surface area contributed by atoms with Crippen molar-refractivity contribution in [3.8, 4) is 5.75 Å². The van der Waals surface area contributed by atoms with Gasteiger partial charge in [-0.2, -0.15) is 0 Å². The molecule has 0 radical (unpaired) electrons. The highest BCUT2D eigenvalue weighted by Crippen LogP contribution is 2.38. The molecule has 0 saturated carbocycles. The Morgan fingerprint density at radius 1 is 1.22 bits per heavy atom. The summed E-state index contributed by atoms with van der Waals surface area (Å²) in [6.45, 7) is 1.45. The number of pyridine rings is 1. The third-order valence-electron chi connectivity index (χ3n) is 4.65. The van der Waals surface area contributed by atoms with Gasteiger partial charge >= 0.3 is 0 Å². The number of aromatic nitrogens is 1. The Hall–Kier alpha value is -3.22. The molecule has 0 unspecified atom stereocenters. The number of amides is 1. The van der Waals surface area contributed by atoms with Crippen LogP contribution in [0, 0.1) is 18.6 Å². The van der Waals surface area contributed by atoms with E-state index in [1.165, 1.54) is 17.0 Å². The largest absolute Gasteiger partial charge is 0.497 e. The van der Waals surface area contributed by atoms with E-state index in [2.05, 4.69) is 10.3 Å². The van der Waals surface area contributed by atoms with E-state index >= 15 is 0 Å². The molecule has 0 spiro atoms. The van der Waals surface area contributed by atoms with Gasteiger partial charge in [-0.15, -0.1) is 0 Å². The fourth-order valence-corrected chi connectivity index (χ4v) is 3.30. The van der Waals surface area contributed by atoms with E-state index in [4.69, 9.17) is 4.74 Å². The molecule has 7 heteroatoms. The summed E-state index contributed by atoms with van der Waals surface area (Å²) in [5.41, 5.74) is 2.17. The van der Waals surface area contributed by atoms with E-state index < -0.39 is 11.6 Å². The first-order valence-corrected chi connectivity index (χ1v) is 8.43. The van der Waals surface area contributed by atoms with Gasteiger partial charge in [0.2, 0.25) is 5.91 Å². The first kappa shape index (κ1) is 17.2. The van der Waals surface area contributed by atoms with Crippen molar-refractivity contribution in [2.75, 3.05) is 23.9 Å². The highest BCUT2D eigenvalue weighted by Gasteiger charge is 2.28. The number of carbonyl (C=O) groups excluding carboxylic acids is 1. The molecule has 1 aliphatic rings. The van der Waals surface area contributed by atoms with Crippen LogP contribution in [0.3, 0.4) is 0 Å². The van der Waals surface area contributed by atoms with Crippen LogP contribution in [0.2, 0.25) is 0 Å². The maximum Gasteiger partial charge on any atom is 0.246 e. The minimum atomic E-state index is -0.666. The highest BCUT2D eigenvalue weighted by molar-refractivity contribution is 6.11. The first-order chi connectivity index (χ1) is 13.0. The van der Waals surface area contributed by atoms with Crippen LogP contribution in [0.15, 0.2) is 36.5 Å². The van der Waals surface area contributed by atoms with Gasteiger partial charge in [0, 0.05) is 17.0 Å². The second-order valence-corrected chi connectivity index (χ2v) is 6.44. The molecule has 138 valence electrons. The maximum atomic E-state index is 14.4. The van der Waals surface area contributed by atoms with Gasteiger partial charge in [-0.3, -0.25) is 9.78 Å². The van der Waals surface area contributed by atoms with Gasteiger partial charge in [0.25, 0.3) is 0 Å². The molecule has 0 fully saturated rings. The number of ether oxygens (including phenoxy) is 1. The zero-order valence-corrected chi connectivity index (χ0v) is 14.8. The minimum absolute atomic E-state index is 0.0332. The molecule has 1 aromatic heterocycles. The van der Waals surface area contributed by atoms with Crippen LogP contribution in [0.25, 0.3) is 10.9 Å². The Morgan fingerprint density at radius 2 is 1.96 bits per heavy atom. The number of nitrogens with one attached hydrogen (secondary N) is 1. The number of nitrogens with zero attached hydrogens (tertiary/aromatic N) is 2. The SMILES string of the molecule is COc1ccc2c3c(cnc2c1)NCC(=O)N3Cc1c(F)cc(C)cc1F. The zero-order chi connectivity index (χ0) is 19.1. The summed E-state index contributed by atoms with van der Waals surface area (Å²) >= 11 is 0. The minimum Gasteiger partial charge on any atom is -0.497 e. The van der Waals surface area contributed by atoms with Gasteiger partial charge in [0.05, 0.1) is 43.3 Å². The molecule has 0 bridgehead atoms. The summed E-state index contributed by atoms with van der Waals surface area (Å²) in [6.07, 6.45) is 1.61. The number of halogens is 2. The van der Waals surface area contributed by atoms with Crippen LogP contribution >= 0.6 is 0 Å². The van der Waals surface area contributed by atoms with E-state index in [1.54, 1.807) is 38.4 Å². The average Bonchev–Trinajstić information content (AvgIpc) is 2.65. The molecule has 1 amide bonds. The Labute approximate surface area is 154 Å². The highest BCUT2D eigenvalue weighted by atomic mass is 19.1. The summed E-state index contributed by atoms with van der Waals surface area (Å²) in [5, 5.41) is 3.71. The summed E-state index contributed by atoms with van der Waals surface area (Å²) in [6, 6.07) is 7.83. The van der Waals surface area contributed by atoms with E-state index in [9.17, 15) is 13.6 Å². The quantitative estimate of drug-likeness (QED) is 0.763. The molecule has 0 aliphatic carbocycles. The van der Waals surface area contributed by atoms with Gasteiger partial charge in [-0.25, -0.2) is 8.78 Å². The van der Waals surface area contributed by atoms with Crippen LogP contribution in [0.1, 0.15) is 11.1 Å². The molecule has 5 nitrogen and oxygen atoms in total. The van der Waals surface area contributed by atoms with Crippen LogP contribution in [0.4, 0.5) is 20.2 Å². The number of hydrogen-bond donors (Lipinski definition) is 1. The van der Waals surface area contributed by atoms with Crippen molar-refractivity contribution < 1.29 is 18.3 Å². The number of anilines is 2. The molecule has 4 rings (SSSR count). The van der Waals surface area contributed by atoms with Gasteiger partial charge in [-0.1, -0.05) is 0 Å². The first-order valence-electron chi connectivity index (χ1n) is 8.43. The van der Waals surface area contributed by atoms with E-state index in [-0.39, 0.29) is 24.6 Å². The summed E-state index contributed by atoms with van der Waals surface area (Å²) < 4.78 is 33.9. The topological polar surface area (TPSA) is 54.5 Å². The molecule has 1 N–H and O–H groups in total. The number of hydrogen-bond acceptors (Lipinski definition) is 4. The molecule has 0 atom stereocenters. The normalized spacial score (nSPS) is 13.5. The standard InChI is InChI=1S/C20H17F2N3O2/c1-11-5-15(21)14(16(22)6-11)10-25-19(26)9-24-18-8-23-17-7-12(27-2)3-4-13(17)20(18)25/h3-8,24H,9-10H2,1-2H3. The monoisotopic (exact) mass is 369 g/mol. The van der Waals surface area contributed by atoms with Gasteiger partial charge < -0.3 is 15.0 Å². The lowest BCUT2D eigenvalue weighted by Crippen LogP contribution is -2.40. The van der Waals surface area contributed by atoms with E-state index in [0.717, 1.165) is 0 Å². The molecule has 1 aliphatic heterocycles. The third-order valence-corrected chi connectivity index (χ3v) is 4.65. The Kier molecular flexibility index (Phi) is 4.14. The fourth-order valence-electron chi connectivity index (χ4n) is 3.30. The van der Waals surface area contributed by atoms with Crippen molar-refractivity contribution in [3.63, 3.8) is 0 Å². The summed E-state index contributed by atoms with van der Waals surface area (Å²) in [7, 11) is 1.56. The number of fused-ring (bicyclic) bond motifs is 3. The Bertz CT molecular complexity index is 1050. The van der Waals surface area contributed by atoms with Crippen molar-refractivity contribution in [2.45, 2.75) is 13.5 Å². The van der Waals surface area contributed by atoms with Gasteiger partial charge in [0.15, 0.2) is 0 Å². The van der Waals surface area contributed by atoms with E-state index in [1.807, 2.05) is 0 Å². The summed E-state index contributed by atoms with van der Waals surface area (Å²) in [5.74, 6) is -0.974. The number of aryl methyl sites for hydroxylation is 1. The number of benzene rings is 2. The van der Waals surface area contributed by atoms with Crippen LogP contribution in [-0.4, -0.2) is 24.5 Å². The van der Waals surface area contributed by atoms with Crippen LogP contribution < -0.4 is 15.0 Å². The lowest BCUT2D eigenvalue weighted by Gasteiger charge is -2.31. The summed E-state index contributed by atoms with van der Waals surface area (Å²) in [4.78, 5) is 18.4. The van der Waals surface area contributed by atoms with Crippen molar-refractivity contribution in [1.82, 2.24) is 4.98 Å².